The Morgan fingerprint density at radius 2 is 2.05 bits per heavy atom. The van der Waals surface area contributed by atoms with Gasteiger partial charge in [0.2, 0.25) is 0 Å². The third-order valence-electron chi connectivity index (χ3n) is 4.08. The number of pyridine rings is 1. The summed E-state index contributed by atoms with van der Waals surface area (Å²) >= 11 is 0. The normalized spacial score (nSPS) is 18.6. The number of carbonyl (C=O) groups is 1. The number of ether oxygens (including phenoxy) is 1. The molecule has 1 N–H and O–H groups in total. The van der Waals surface area contributed by atoms with E-state index in [2.05, 4.69) is 10.2 Å². The number of hydrogen-bond donors (Lipinski definition) is 1. The average molecular weight is 275 g/mol. The second-order valence-corrected chi connectivity index (χ2v) is 5.34. The number of nitrogens with one attached hydrogen (secondary N) is 1. The third kappa shape index (κ3) is 2.50. The first-order chi connectivity index (χ1) is 9.79. The van der Waals surface area contributed by atoms with E-state index in [0.29, 0.717) is 13.2 Å². The minimum absolute atomic E-state index is 0.0222. The molecule has 1 amide bonds. The molecule has 1 aromatic rings. The highest BCUT2D eigenvalue weighted by Crippen LogP contribution is 2.25. The summed E-state index contributed by atoms with van der Waals surface area (Å²) in [4.78, 5) is 19.2. The van der Waals surface area contributed by atoms with Crippen LogP contribution >= 0.6 is 0 Å². The van der Waals surface area contributed by atoms with E-state index < -0.39 is 0 Å². The van der Waals surface area contributed by atoms with Crippen LogP contribution in [0.3, 0.4) is 0 Å². The van der Waals surface area contributed by atoms with Crippen LogP contribution in [-0.2, 0) is 17.6 Å². The van der Waals surface area contributed by atoms with E-state index in [-0.39, 0.29) is 5.91 Å². The van der Waals surface area contributed by atoms with Gasteiger partial charge >= 0.3 is 0 Å². The molecule has 20 heavy (non-hydrogen) atoms. The first kappa shape index (κ1) is 13.4. The van der Waals surface area contributed by atoms with Gasteiger partial charge in [0.25, 0.3) is 5.91 Å². The fourth-order valence-corrected chi connectivity index (χ4v) is 2.99. The van der Waals surface area contributed by atoms with Crippen LogP contribution in [0.25, 0.3) is 0 Å². The lowest BCUT2D eigenvalue weighted by Crippen LogP contribution is -2.24. The summed E-state index contributed by atoms with van der Waals surface area (Å²) in [5, 5.41) is 2.74. The molecule has 3 heterocycles. The Bertz CT molecular complexity index is 510. The third-order valence-corrected chi connectivity index (χ3v) is 4.08. The molecule has 108 valence electrons. The van der Waals surface area contributed by atoms with Crippen molar-refractivity contribution in [1.82, 2.24) is 10.3 Å². The van der Waals surface area contributed by atoms with Crippen molar-refractivity contribution >= 4 is 11.7 Å². The molecule has 1 saturated heterocycles. The van der Waals surface area contributed by atoms with Gasteiger partial charge in [-0.2, -0.15) is 0 Å². The fourth-order valence-electron chi connectivity index (χ4n) is 2.99. The van der Waals surface area contributed by atoms with Gasteiger partial charge in [0, 0.05) is 37.8 Å². The van der Waals surface area contributed by atoms with E-state index in [1.54, 1.807) is 7.05 Å². The first-order valence-electron chi connectivity index (χ1n) is 7.37. The maximum atomic E-state index is 12.2. The zero-order valence-corrected chi connectivity index (χ0v) is 11.9. The topological polar surface area (TPSA) is 54.5 Å². The van der Waals surface area contributed by atoms with Crippen LogP contribution in [0.5, 0.6) is 0 Å². The zero-order chi connectivity index (χ0) is 13.9. The van der Waals surface area contributed by atoms with Crippen molar-refractivity contribution < 1.29 is 9.53 Å². The molecule has 3 rings (SSSR count). The molecular formula is C15H21N3O2. The average Bonchev–Trinajstić information content (AvgIpc) is 2.91. The van der Waals surface area contributed by atoms with Crippen LogP contribution in [-0.4, -0.2) is 44.2 Å². The predicted molar refractivity (Wildman–Crippen MR) is 77.3 cm³/mol. The van der Waals surface area contributed by atoms with Crippen molar-refractivity contribution in [1.29, 1.82) is 0 Å². The van der Waals surface area contributed by atoms with Gasteiger partial charge in [-0.15, -0.1) is 0 Å². The number of rotatable bonds is 2. The molecule has 0 aromatic carbocycles. The number of carbonyl (C=O) groups excluding carboxylic acids is 1. The smallest absolute Gasteiger partial charge is 0.251 e. The maximum absolute atomic E-state index is 12.2. The summed E-state index contributed by atoms with van der Waals surface area (Å²) in [6.07, 6.45) is 3.97. The molecule has 5 heteroatoms. The minimum Gasteiger partial charge on any atom is -0.381 e. The lowest BCUT2D eigenvalue weighted by Gasteiger charge is -2.20. The van der Waals surface area contributed by atoms with E-state index in [1.807, 2.05) is 6.07 Å². The Morgan fingerprint density at radius 3 is 2.80 bits per heavy atom. The van der Waals surface area contributed by atoms with Crippen LogP contribution in [0.1, 0.15) is 34.5 Å². The van der Waals surface area contributed by atoms with Crippen molar-refractivity contribution in [3.8, 4) is 0 Å². The zero-order valence-electron chi connectivity index (χ0n) is 11.9. The van der Waals surface area contributed by atoms with Gasteiger partial charge in [-0.05, 0) is 30.9 Å². The minimum atomic E-state index is -0.0222. The van der Waals surface area contributed by atoms with E-state index >= 15 is 0 Å². The lowest BCUT2D eigenvalue weighted by molar-refractivity contribution is 0.0961. The van der Waals surface area contributed by atoms with Crippen molar-refractivity contribution in [2.75, 3.05) is 38.3 Å². The van der Waals surface area contributed by atoms with E-state index in [1.165, 1.54) is 12.8 Å². The Balaban J connectivity index is 2.04. The van der Waals surface area contributed by atoms with Gasteiger partial charge in [-0.25, -0.2) is 4.98 Å². The summed E-state index contributed by atoms with van der Waals surface area (Å²) in [6.45, 7) is 3.43. The molecule has 0 bridgehead atoms. The molecule has 0 spiro atoms. The van der Waals surface area contributed by atoms with Crippen LogP contribution in [0.2, 0.25) is 0 Å². The van der Waals surface area contributed by atoms with Crippen LogP contribution in [0, 0.1) is 0 Å². The van der Waals surface area contributed by atoms with Gasteiger partial charge in [-0.1, -0.05) is 0 Å². The number of hydrogen-bond acceptors (Lipinski definition) is 4. The second-order valence-electron chi connectivity index (χ2n) is 5.34. The van der Waals surface area contributed by atoms with Gasteiger partial charge < -0.3 is 15.0 Å². The molecule has 0 unspecified atom stereocenters. The maximum Gasteiger partial charge on any atom is 0.251 e. The number of amides is 1. The molecule has 2 aliphatic heterocycles. The standard InChI is InChI=1S/C15H21N3O2/c1-16-15(19)12-10-14(18-6-2-3-7-18)17-13-5-9-20-8-4-11(12)13/h10H,2-9H2,1H3,(H,16,19). The summed E-state index contributed by atoms with van der Waals surface area (Å²) in [5.74, 6) is 0.924. The fraction of sp³-hybridized carbons (Fsp3) is 0.600. The molecule has 0 radical (unpaired) electrons. The molecule has 1 aromatic heterocycles. The monoisotopic (exact) mass is 275 g/mol. The SMILES string of the molecule is CNC(=O)c1cc(N2CCCC2)nc2c1CCOCC2. The quantitative estimate of drug-likeness (QED) is 0.880. The molecule has 0 saturated carbocycles. The molecule has 2 aliphatic rings. The van der Waals surface area contributed by atoms with Crippen molar-refractivity contribution in [3.63, 3.8) is 0 Å². The predicted octanol–water partition coefficient (Wildman–Crippen LogP) is 1.16. The molecule has 1 fully saturated rings. The summed E-state index contributed by atoms with van der Waals surface area (Å²) < 4.78 is 5.53. The lowest BCUT2D eigenvalue weighted by atomic mass is 10.0. The van der Waals surface area contributed by atoms with Gasteiger partial charge in [0.15, 0.2) is 0 Å². The van der Waals surface area contributed by atoms with E-state index in [0.717, 1.165) is 48.6 Å². The van der Waals surface area contributed by atoms with Crippen molar-refractivity contribution in [3.05, 3.63) is 22.9 Å². The van der Waals surface area contributed by atoms with Crippen LogP contribution < -0.4 is 10.2 Å². The van der Waals surface area contributed by atoms with E-state index in [4.69, 9.17) is 9.72 Å². The van der Waals surface area contributed by atoms with Gasteiger partial charge in [-0.3, -0.25) is 4.79 Å². The molecule has 0 aliphatic carbocycles. The molecule has 0 atom stereocenters. The van der Waals surface area contributed by atoms with E-state index in [9.17, 15) is 4.79 Å². The summed E-state index contributed by atoms with van der Waals surface area (Å²) in [5.41, 5.74) is 2.86. The van der Waals surface area contributed by atoms with Crippen LogP contribution in [0.4, 0.5) is 5.82 Å². The summed E-state index contributed by atoms with van der Waals surface area (Å²) in [6, 6.07) is 1.95. The number of fused-ring (bicyclic) bond motifs is 1. The van der Waals surface area contributed by atoms with Gasteiger partial charge in [0.1, 0.15) is 5.82 Å². The highest BCUT2D eigenvalue weighted by molar-refractivity contribution is 5.96. The number of aromatic nitrogens is 1. The Morgan fingerprint density at radius 1 is 1.30 bits per heavy atom. The highest BCUT2D eigenvalue weighted by atomic mass is 16.5. The Labute approximate surface area is 119 Å². The number of nitrogens with zero attached hydrogens (tertiary/aromatic N) is 2. The largest absolute Gasteiger partial charge is 0.381 e. The Hall–Kier alpha value is -1.62. The second kappa shape index (κ2) is 5.79. The van der Waals surface area contributed by atoms with Crippen molar-refractivity contribution in [2.24, 2.45) is 0 Å². The highest BCUT2D eigenvalue weighted by Gasteiger charge is 2.22. The molecular weight excluding hydrogens is 254 g/mol. The van der Waals surface area contributed by atoms with Gasteiger partial charge in [0.05, 0.1) is 13.2 Å². The Kier molecular flexibility index (Phi) is 3.87. The van der Waals surface area contributed by atoms with Crippen molar-refractivity contribution in [2.45, 2.75) is 25.7 Å². The number of anilines is 1. The molecule has 5 nitrogen and oxygen atoms in total. The first-order valence-corrected chi connectivity index (χ1v) is 7.37. The summed E-state index contributed by atoms with van der Waals surface area (Å²) in [7, 11) is 1.68. The van der Waals surface area contributed by atoms with Crippen LogP contribution in [0.15, 0.2) is 6.07 Å².